The Labute approximate surface area is 90.4 Å². The second kappa shape index (κ2) is 4.22. The van der Waals surface area contributed by atoms with E-state index in [1.807, 2.05) is 25.2 Å². The van der Waals surface area contributed by atoms with Crippen molar-refractivity contribution in [1.29, 1.82) is 0 Å². The van der Waals surface area contributed by atoms with Crippen LogP contribution in [0.2, 0.25) is 0 Å². The van der Waals surface area contributed by atoms with E-state index in [1.54, 1.807) is 19.1 Å². The lowest BCUT2D eigenvalue weighted by atomic mass is 9.94. The first-order valence-electron chi connectivity index (χ1n) is 4.78. The highest BCUT2D eigenvalue weighted by Gasteiger charge is 2.21. The van der Waals surface area contributed by atoms with Crippen molar-refractivity contribution in [2.75, 3.05) is 0 Å². The minimum absolute atomic E-state index is 0.796. The molecule has 0 saturated heterocycles. The van der Waals surface area contributed by atoms with Crippen molar-refractivity contribution in [3.05, 3.63) is 65.2 Å². The molecule has 0 saturated carbocycles. The first kappa shape index (κ1) is 11.4. The molecule has 1 aliphatic rings. The van der Waals surface area contributed by atoms with E-state index in [1.165, 1.54) is 0 Å². The highest BCUT2D eigenvalue weighted by Crippen LogP contribution is 2.28. The van der Waals surface area contributed by atoms with Crippen molar-refractivity contribution in [2.45, 2.75) is 19.4 Å². The molecule has 1 aliphatic carbocycles. The molecule has 0 amide bonds. The molecular weight excluding hydrogens is 186 g/mol. The Morgan fingerprint density at radius 1 is 1.60 bits per heavy atom. The lowest BCUT2D eigenvalue weighted by molar-refractivity contribution is 0.727. The van der Waals surface area contributed by atoms with E-state index in [0.717, 1.165) is 16.7 Å². The summed E-state index contributed by atoms with van der Waals surface area (Å²) in [6.07, 6.45) is 9.06. The number of allylic oxidation sites excluding steroid dienone is 6. The molecule has 0 spiro atoms. The number of hydrogen-bond donors (Lipinski definition) is 0. The standard InChI is InChI=1S/C13H15NO/c1-5-11-7-6-8-13(4,14-15)9-12(11)10(2)3/h5-9H,1-2H2,3-4H3. The maximum absolute atomic E-state index is 10.8. The molecule has 1 unspecified atom stereocenters. The lowest BCUT2D eigenvalue weighted by Gasteiger charge is -2.14. The summed E-state index contributed by atoms with van der Waals surface area (Å²) in [6, 6.07) is 0. The van der Waals surface area contributed by atoms with E-state index in [0.29, 0.717) is 0 Å². The molecule has 2 heteroatoms. The average Bonchev–Trinajstić information content (AvgIpc) is 2.38. The van der Waals surface area contributed by atoms with Gasteiger partial charge >= 0.3 is 0 Å². The summed E-state index contributed by atoms with van der Waals surface area (Å²) >= 11 is 0. The molecule has 78 valence electrons. The molecule has 0 heterocycles. The molecule has 0 bridgehead atoms. The topological polar surface area (TPSA) is 29.4 Å². The van der Waals surface area contributed by atoms with Crippen LogP contribution in [0.1, 0.15) is 13.8 Å². The third-order valence-corrected chi connectivity index (χ3v) is 2.33. The molecule has 0 fully saturated rings. The molecule has 0 aromatic heterocycles. The van der Waals surface area contributed by atoms with Gasteiger partial charge in [-0.1, -0.05) is 42.1 Å². The second-order valence-corrected chi connectivity index (χ2v) is 3.84. The first-order chi connectivity index (χ1) is 7.02. The normalized spacial score (nSPS) is 24.9. The summed E-state index contributed by atoms with van der Waals surface area (Å²) < 4.78 is 0. The Morgan fingerprint density at radius 2 is 2.27 bits per heavy atom. The predicted octanol–water partition coefficient (Wildman–Crippen LogP) is 3.70. The summed E-state index contributed by atoms with van der Waals surface area (Å²) in [4.78, 5) is 10.8. The predicted molar refractivity (Wildman–Crippen MR) is 64.5 cm³/mol. The van der Waals surface area contributed by atoms with Crippen molar-refractivity contribution in [3.63, 3.8) is 0 Å². The Bertz CT molecular complexity index is 399. The van der Waals surface area contributed by atoms with Crippen LogP contribution in [-0.2, 0) is 0 Å². The van der Waals surface area contributed by atoms with Crippen LogP contribution < -0.4 is 0 Å². The van der Waals surface area contributed by atoms with Gasteiger partial charge in [-0.3, -0.25) is 0 Å². The lowest BCUT2D eigenvalue weighted by Crippen LogP contribution is -2.14. The fourth-order valence-electron chi connectivity index (χ4n) is 1.46. The maximum Gasteiger partial charge on any atom is 0.137 e. The van der Waals surface area contributed by atoms with E-state index >= 15 is 0 Å². The Kier molecular flexibility index (Phi) is 3.20. The van der Waals surface area contributed by atoms with Gasteiger partial charge in [0.25, 0.3) is 0 Å². The number of rotatable bonds is 3. The fraction of sp³-hybridized carbons (Fsp3) is 0.231. The first-order valence-corrected chi connectivity index (χ1v) is 4.78. The van der Waals surface area contributed by atoms with Crippen molar-refractivity contribution < 1.29 is 0 Å². The summed E-state index contributed by atoms with van der Waals surface area (Å²) in [5.41, 5.74) is 2.00. The minimum Gasteiger partial charge on any atom is -0.150 e. The van der Waals surface area contributed by atoms with Gasteiger partial charge in [-0.15, -0.1) is 4.91 Å². The van der Waals surface area contributed by atoms with Gasteiger partial charge in [-0.05, 0) is 37.1 Å². The van der Waals surface area contributed by atoms with Gasteiger partial charge in [0.2, 0.25) is 0 Å². The van der Waals surface area contributed by atoms with Gasteiger partial charge in [0, 0.05) is 0 Å². The molecule has 15 heavy (non-hydrogen) atoms. The van der Waals surface area contributed by atoms with Crippen molar-refractivity contribution in [1.82, 2.24) is 0 Å². The van der Waals surface area contributed by atoms with Crippen LogP contribution in [0.4, 0.5) is 0 Å². The van der Waals surface area contributed by atoms with Crippen LogP contribution in [-0.4, -0.2) is 5.54 Å². The molecule has 0 aromatic carbocycles. The smallest absolute Gasteiger partial charge is 0.137 e. The zero-order chi connectivity index (χ0) is 11.5. The van der Waals surface area contributed by atoms with Gasteiger partial charge < -0.3 is 0 Å². The third kappa shape index (κ3) is 2.40. The third-order valence-electron chi connectivity index (χ3n) is 2.33. The molecule has 2 nitrogen and oxygen atoms in total. The van der Waals surface area contributed by atoms with Gasteiger partial charge in [0.05, 0.1) is 0 Å². The highest BCUT2D eigenvalue weighted by atomic mass is 16.3. The SMILES string of the molecule is C=CC1=CC=CC(C)(N=O)C=C1C(=C)C. The Balaban J connectivity index is 3.31. The van der Waals surface area contributed by atoms with Crippen LogP contribution in [0, 0.1) is 4.91 Å². The molecule has 0 radical (unpaired) electrons. The van der Waals surface area contributed by atoms with Gasteiger partial charge in [0.15, 0.2) is 0 Å². The van der Waals surface area contributed by atoms with E-state index < -0.39 is 5.54 Å². The Hall–Kier alpha value is -1.70. The van der Waals surface area contributed by atoms with Crippen molar-refractivity contribution >= 4 is 0 Å². The van der Waals surface area contributed by atoms with E-state index in [9.17, 15) is 4.91 Å². The summed E-state index contributed by atoms with van der Waals surface area (Å²) in [5.74, 6) is 0. The molecule has 0 aliphatic heterocycles. The van der Waals surface area contributed by atoms with Crippen LogP contribution >= 0.6 is 0 Å². The summed E-state index contributed by atoms with van der Waals surface area (Å²) in [6.45, 7) is 11.3. The minimum atomic E-state index is -0.796. The average molecular weight is 201 g/mol. The van der Waals surface area contributed by atoms with Gasteiger partial charge in [-0.2, -0.15) is 0 Å². The largest absolute Gasteiger partial charge is 0.150 e. The van der Waals surface area contributed by atoms with E-state index in [4.69, 9.17) is 0 Å². The number of nitroso groups, excluding NO2 is 1. The molecule has 0 aromatic rings. The monoisotopic (exact) mass is 201 g/mol. The van der Waals surface area contributed by atoms with Crippen LogP contribution in [0.5, 0.6) is 0 Å². The van der Waals surface area contributed by atoms with E-state index in [-0.39, 0.29) is 0 Å². The molecule has 1 rings (SSSR count). The number of nitrogens with zero attached hydrogens (tertiary/aromatic N) is 1. The maximum atomic E-state index is 10.8. The highest BCUT2D eigenvalue weighted by molar-refractivity contribution is 5.54. The van der Waals surface area contributed by atoms with E-state index in [2.05, 4.69) is 18.3 Å². The zero-order valence-corrected chi connectivity index (χ0v) is 9.16. The molecule has 0 N–H and O–H groups in total. The summed E-state index contributed by atoms with van der Waals surface area (Å²) in [7, 11) is 0. The number of hydrogen-bond acceptors (Lipinski definition) is 2. The van der Waals surface area contributed by atoms with Crippen LogP contribution in [0.15, 0.2) is 65.4 Å². The molecular formula is C13H15NO. The van der Waals surface area contributed by atoms with Gasteiger partial charge in [-0.25, -0.2) is 0 Å². The van der Waals surface area contributed by atoms with Crippen molar-refractivity contribution in [3.8, 4) is 0 Å². The van der Waals surface area contributed by atoms with Crippen LogP contribution in [0.25, 0.3) is 0 Å². The fourth-order valence-corrected chi connectivity index (χ4v) is 1.46. The summed E-state index contributed by atoms with van der Waals surface area (Å²) in [5, 5.41) is 3.12. The molecule has 1 atom stereocenters. The van der Waals surface area contributed by atoms with Crippen LogP contribution in [0.3, 0.4) is 0 Å². The van der Waals surface area contributed by atoms with Crippen molar-refractivity contribution in [2.24, 2.45) is 5.18 Å². The second-order valence-electron chi connectivity index (χ2n) is 3.84. The quantitative estimate of drug-likeness (QED) is 0.640. The van der Waals surface area contributed by atoms with Gasteiger partial charge in [0.1, 0.15) is 5.54 Å². The zero-order valence-electron chi connectivity index (χ0n) is 9.16. The Morgan fingerprint density at radius 3 is 2.73 bits per heavy atom.